The zero-order chi connectivity index (χ0) is 20.4. The van der Waals surface area contributed by atoms with Crippen LogP contribution in [0.3, 0.4) is 0 Å². The van der Waals surface area contributed by atoms with Crippen molar-refractivity contribution in [1.82, 2.24) is 15.5 Å². The molecule has 0 atom stereocenters. The van der Waals surface area contributed by atoms with Gasteiger partial charge < -0.3 is 9.84 Å². The molecule has 0 spiro atoms. The monoisotopic (exact) mass is 396 g/mol. The zero-order valence-electron chi connectivity index (χ0n) is 13.6. The van der Waals surface area contributed by atoms with E-state index >= 15 is 0 Å². The number of nitro benzene ring substituents is 1. The van der Waals surface area contributed by atoms with Gasteiger partial charge in [0.2, 0.25) is 23.3 Å². The molecule has 0 aliphatic rings. The summed E-state index contributed by atoms with van der Waals surface area (Å²) in [5, 5.41) is 16.4. The van der Waals surface area contributed by atoms with Crippen molar-refractivity contribution in [2.75, 3.05) is 0 Å². The van der Waals surface area contributed by atoms with Crippen molar-refractivity contribution in [2.24, 2.45) is 0 Å². The second kappa shape index (κ2) is 7.42. The summed E-state index contributed by atoms with van der Waals surface area (Å²) in [5.74, 6) is -7.82. The molecule has 0 unspecified atom stereocenters. The summed E-state index contributed by atoms with van der Waals surface area (Å²) in [4.78, 5) is 25.3. The van der Waals surface area contributed by atoms with E-state index in [1.807, 2.05) is 0 Å². The van der Waals surface area contributed by atoms with E-state index in [1.165, 1.54) is 24.3 Å². The summed E-state index contributed by atoms with van der Waals surface area (Å²) < 4.78 is 58.3. The molecule has 0 radical (unpaired) electrons. The van der Waals surface area contributed by atoms with E-state index in [2.05, 4.69) is 15.5 Å². The van der Waals surface area contributed by atoms with Crippen LogP contribution < -0.4 is 5.32 Å². The number of carbonyl (C=O) groups is 1. The number of benzene rings is 2. The van der Waals surface area contributed by atoms with Crippen LogP contribution in [0.1, 0.15) is 16.2 Å². The van der Waals surface area contributed by atoms with Gasteiger partial charge in [0.1, 0.15) is 5.82 Å². The highest BCUT2D eigenvalue weighted by Crippen LogP contribution is 2.25. The first-order chi connectivity index (χ1) is 13.3. The van der Waals surface area contributed by atoms with Gasteiger partial charge in [-0.25, -0.2) is 13.2 Å². The number of aromatic nitrogens is 2. The van der Waals surface area contributed by atoms with Crippen LogP contribution in [0.15, 0.2) is 34.9 Å². The van der Waals surface area contributed by atoms with Crippen LogP contribution in [0.5, 0.6) is 0 Å². The Morgan fingerprint density at radius 1 is 1.11 bits per heavy atom. The number of nitro groups is 1. The first-order valence-electron chi connectivity index (χ1n) is 7.46. The summed E-state index contributed by atoms with van der Waals surface area (Å²) in [7, 11) is 0. The lowest BCUT2D eigenvalue weighted by Gasteiger charge is -2.05. The van der Waals surface area contributed by atoms with Gasteiger partial charge in [0.05, 0.1) is 17.0 Å². The van der Waals surface area contributed by atoms with Crippen molar-refractivity contribution >= 4 is 11.6 Å². The molecular formula is C16H8F4N4O4. The lowest BCUT2D eigenvalue weighted by Crippen LogP contribution is -2.25. The maximum absolute atomic E-state index is 13.8. The molecule has 1 N–H and O–H groups in total. The van der Waals surface area contributed by atoms with E-state index in [0.717, 1.165) is 0 Å². The number of amides is 1. The Morgan fingerprint density at radius 2 is 1.79 bits per heavy atom. The molecule has 12 heteroatoms. The zero-order valence-corrected chi connectivity index (χ0v) is 13.6. The highest BCUT2D eigenvalue weighted by atomic mass is 19.2. The van der Waals surface area contributed by atoms with Gasteiger partial charge in [-0.2, -0.15) is 9.37 Å². The summed E-state index contributed by atoms with van der Waals surface area (Å²) in [6.07, 6.45) is 0. The number of carbonyl (C=O) groups excluding carboxylic acids is 1. The number of rotatable bonds is 5. The predicted octanol–water partition coefficient (Wildman–Crippen LogP) is 3.13. The van der Waals surface area contributed by atoms with Gasteiger partial charge in [0.15, 0.2) is 5.82 Å². The van der Waals surface area contributed by atoms with Crippen molar-refractivity contribution in [3.63, 3.8) is 0 Å². The lowest BCUT2D eigenvalue weighted by atomic mass is 10.1. The molecular weight excluding hydrogens is 388 g/mol. The standard InChI is InChI=1S/C16H8F4N4O4/c17-8-3-1-7(2-4-8)15-22-11(28-23-15)6-21-16(25)9-5-10(24(26)27)13(19)14(20)12(9)18/h1-5H,6H2,(H,21,25). The highest BCUT2D eigenvalue weighted by Gasteiger charge is 2.28. The maximum Gasteiger partial charge on any atom is 0.308 e. The van der Waals surface area contributed by atoms with Crippen LogP contribution in [0.25, 0.3) is 11.4 Å². The average Bonchev–Trinajstić information content (AvgIpc) is 3.13. The summed E-state index contributed by atoms with van der Waals surface area (Å²) >= 11 is 0. The number of nitrogens with zero attached hydrogens (tertiary/aromatic N) is 3. The fourth-order valence-corrected chi connectivity index (χ4v) is 2.18. The molecule has 2 aromatic carbocycles. The molecule has 0 saturated carbocycles. The van der Waals surface area contributed by atoms with Gasteiger partial charge in [0.25, 0.3) is 5.91 Å². The molecule has 3 aromatic rings. The SMILES string of the molecule is O=C(NCc1nc(-c2ccc(F)cc2)no1)c1cc([N+](=O)[O-])c(F)c(F)c1F. The quantitative estimate of drug-likeness (QED) is 0.307. The minimum atomic E-state index is -2.14. The number of hydrogen-bond donors (Lipinski definition) is 1. The molecule has 0 fully saturated rings. The van der Waals surface area contributed by atoms with Crippen LogP contribution in [0.2, 0.25) is 0 Å². The number of hydrogen-bond acceptors (Lipinski definition) is 6. The van der Waals surface area contributed by atoms with Crippen molar-refractivity contribution in [3.8, 4) is 11.4 Å². The van der Waals surface area contributed by atoms with Crippen LogP contribution >= 0.6 is 0 Å². The average molecular weight is 396 g/mol. The van der Waals surface area contributed by atoms with Crippen molar-refractivity contribution in [2.45, 2.75) is 6.54 Å². The largest absolute Gasteiger partial charge is 0.343 e. The third-order valence-electron chi connectivity index (χ3n) is 3.54. The molecule has 3 rings (SSSR count). The van der Waals surface area contributed by atoms with Gasteiger partial charge >= 0.3 is 5.69 Å². The Bertz CT molecular complexity index is 1070. The van der Waals surface area contributed by atoms with Crippen molar-refractivity contribution in [3.05, 3.63) is 75.2 Å². The maximum atomic E-state index is 13.8. The van der Waals surface area contributed by atoms with Gasteiger partial charge in [-0.1, -0.05) is 5.16 Å². The van der Waals surface area contributed by atoms with Crippen LogP contribution in [0.4, 0.5) is 23.2 Å². The molecule has 0 bridgehead atoms. The molecule has 0 aliphatic carbocycles. The lowest BCUT2D eigenvalue weighted by molar-refractivity contribution is -0.387. The third kappa shape index (κ3) is 3.65. The molecule has 1 heterocycles. The van der Waals surface area contributed by atoms with E-state index in [4.69, 9.17) is 4.52 Å². The van der Waals surface area contributed by atoms with E-state index in [0.29, 0.717) is 5.56 Å². The Hall–Kier alpha value is -3.83. The van der Waals surface area contributed by atoms with E-state index in [9.17, 15) is 32.5 Å². The summed E-state index contributed by atoms with van der Waals surface area (Å²) in [6, 6.07) is 5.40. The molecule has 0 aliphatic heterocycles. The Kier molecular flexibility index (Phi) is 5.02. The van der Waals surface area contributed by atoms with Gasteiger partial charge in [-0.05, 0) is 24.3 Å². The minimum Gasteiger partial charge on any atom is -0.343 e. The van der Waals surface area contributed by atoms with Crippen LogP contribution in [-0.2, 0) is 6.54 Å². The van der Waals surface area contributed by atoms with E-state index in [-0.39, 0.29) is 17.8 Å². The van der Waals surface area contributed by atoms with Gasteiger partial charge in [-0.3, -0.25) is 14.9 Å². The molecule has 8 nitrogen and oxygen atoms in total. The predicted molar refractivity (Wildman–Crippen MR) is 83.8 cm³/mol. The summed E-state index contributed by atoms with van der Waals surface area (Å²) in [5.41, 5.74) is -2.03. The molecule has 0 saturated heterocycles. The van der Waals surface area contributed by atoms with Crippen LogP contribution in [-0.4, -0.2) is 21.0 Å². The first kappa shape index (κ1) is 18.9. The number of halogens is 4. The second-order valence-corrected chi connectivity index (χ2v) is 5.34. The van der Waals surface area contributed by atoms with E-state index < -0.39 is 51.9 Å². The minimum absolute atomic E-state index is 0.0823. The summed E-state index contributed by atoms with van der Waals surface area (Å²) in [6.45, 7) is -0.431. The van der Waals surface area contributed by atoms with Crippen LogP contribution in [0, 0.1) is 33.4 Å². The topological polar surface area (TPSA) is 111 Å². The van der Waals surface area contributed by atoms with Crippen molar-refractivity contribution in [1.29, 1.82) is 0 Å². The Morgan fingerprint density at radius 3 is 2.43 bits per heavy atom. The van der Waals surface area contributed by atoms with Gasteiger partial charge in [0, 0.05) is 11.6 Å². The van der Waals surface area contributed by atoms with Gasteiger partial charge in [-0.15, -0.1) is 0 Å². The second-order valence-electron chi connectivity index (χ2n) is 5.34. The molecule has 1 aromatic heterocycles. The fraction of sp³-hybridized carbons (Fsp3) is 0.0625. The fourth-order valence-electron chi connectivity index (χ4n) is 2.18. The highest BCUT2D eigenvalue weighted by molar-refractivity contribution is 5.95. The molecule has 1 amide bonds. The smallest absolute Gasteiger partial charge is 0.308 e. The number of nitrogens with one attached hydrogen (secondary N) is 1. The molecule has 144 valence electrons. The molecule has 28 heavy (non-hydrogen) atoms. The normalized spacial score (nSPS) is 10.7. The third-order valence-corrected chi connectivity index (χ3v) is 3.54. The van der Waals surface area contributed by atoms with E-state index in [1.54, 1.807) is 0 Å². The Labute approximate surface area is 152 Å². The first-order valence-corrected chi connectivity index (χ1v) is 7.46. The Balaban J connectivity index is 1.76. The van der Waals surface area contributed by atoms with Crippen molar-refractivity contribution < 1.29 is 31.8 Å².